The molecule has 0 bridgehead atoms. The summed E-state index contributed by atoms with van der Waals surface area (Å²) in [6.07, 6.45) is 10.0. The van der Waals surface area contributed by atoms with Gasteiger partial charge in [0.05, 0.1) is 42.5 Å². The van der Waals surface area contributed by atoms with E-state index in [9.17, 15) is 46.9 Å². The number of hydrogen-bond donors (Lipinski definition) is 5. The second kappa shape index (κ2) is 34.0. The molecule has 6 N–H and O–H groups in total. The Bertz CT molecular complexity index is 4110. The zero-order chi connectivity index (χ0) is 61.6. The van der Waals surface area contributed by atoms with E-state index < -0.39 is 55.2 Å². The van der Waals surface area contributed by atoms with Crippen LogP contribution < -0.4 is 26.2 Å². The Morgan fingerprint density at radius 3 is 1.36 bits per heavy atom. The van der Waals surface area contributed by atoms with Gasteiger partial charge in [0.15, 0.2) is 16.9 Å². The van der Waals surface area contributed by atoms with Gasteiger partial charge in [-0.05, 0) is 52.6 Å². The average Bonchev–Trinajstić information content (AvgIpc) is 4.34. The molecule has 0 saturated carbocycles. The van der Waals surface area contributed by atoms with E-state index in [1.165, 1.54) is 15.2 Å². The molecule has 0 atom stereocenters. The van der Waals surface area contributed by atoms with Crippen molar-refractivity contribution >= 4 is 135 Å². The molecule has 0 fully saturated rings. The van der Waals surface area contributed by atoms with Gasteiger partial charge in [-0.1, -0.05) is 107 Å². The molecule has 27 nitrogen and oxygen atoms in total. The molecule has 0 aliphatic carbocycles. The Labute approximate surface area is 527 Å². The zero-order valence-corrected chi connectivity index (χ0v) is 57.7. The molecule has 469 valence electrons. The summed E-state index contributed by atoms with van der Waals surface area (Å²) in [7, 11) is -16.7. The fraction of sp³-hybridized carbons (Fsp3) is 0.417. The number of nitrogens with zero attached hydrogens (tertiary/aromatic N) is 11. The molecule has 8 rings (SSSR count). The Morgan fingerprint density at radius 2 is 0.952 bits per heavy atom. The molecule has 6 heterocycles. The van der Waals surface area contributed by atoms with Crippen LogP contribution in [0, 0.1) is 7.43 Å². The van der Waals surface area contributed by atoms with Gasteiger partial charge >= 0.3 is 55.1 Å². The molecule has 84 heavy (non-hydrogen) atoms. The first-order chi connectivity index (χ1) is 37.5. The molecule has 36 heteroatoms. The number of nitrogens with two attached hydrogens (primary N) is 1. The standard InChI is InChI=1S/C17H22N6O4S2.C9H11ClN4O2S.C9H12N4O3S.C8H12N2O2S.C2H6.2CH4.CH3.2HI.V/c1-11(2)13-10-19-23-15(13)20-17(28(3,24)25)21-16(23)18-9-12-7-5-6-8-14(12)22-29(4,26)27;1-5(2)6-4-11-14-7(6)12-9(13-8(14)10)17(3,15)16;1-5(2)6-4-10-13-7(6)11-8(12-9(13)14)17(3,15)16;1-13(11,12)10-8-5-3-2-4-7(8)6-9;1-2;;;;;;/h5-8,10-11,22H,9H2,1-4H3,(H,18,20,21);4-5H,1-3H3;4-5H,1-3H3,(H,11,12,14);2-5,10H,6,9H2,1H3;1-2H3;2*1H4;1H3;2*1H;/q;;;;;;;-1;;;+2/p-2. The van der Waals surface area contributed by atoms with E-state index in [1.807, 2.05) is 61.5 Å². The number of nitrogens with one attached hydrogen (secondary N) is 4. The summed E-state index contributed by atoms with van der Waals surface area (Å²) in [5.41, 5.74) is 10.7. The first-order valence-electron chi connectivity index (χ1n) is 23.7. The summed E-state index contributed by atoms with van der Waals surface area (Å²) in [6, 6.07) is 13.9. The predicted octanol–water partition coefficient (Wildman–Crippen LogP) is 7.92. The van der Waals surface area contributed by atoms with E-state index in [-0.39, 0.29) is 78.9 Å². The van der Waals surface area contributed by atoms with E-state index in [0.29, 0.717) is 44.2 Å². The monoisotopic (exact) mass is 1550 g/mol. The van der Waals surface area contributed by atoms with Crippen LogP contribution in [0.2, 0.25) is 5.28 Å². The van der Waals surface area contributed by atoms with Crippen molar-refractivity contribution in [3.05, 3.63) is 118 Å². The summed E-state index contributed by atoms with van der Waals surface area (Å²) in [5, 5.41) is 14.3. The molecule has 0 unspecified atom stereocenters. The van der Waals surface area contributed by atoms with Crippen molar-refractivity contribution in [1.82, 2.24) is 58.7 Å². The molecule has 6 aromatic heterocycles. The number of H-pyrrole nitrogens is 1. The second-order valence-electron chi connectivity index (χ2n) is 17.9. The van der Waals surface area contributed by atoms with Crippen LogP contribution in [0.3, 0.4) is 0 Å². The van der Waals surface area contributed by atoms with Crippen molar-refractivity contribution in [3.8, 4) is 0 Å². The topological polar surface area (TPSA) is 382 Å². The number of hydrogen-bond acceptors (Lipinski definition) is 21. The van der Waals surface area contributed by atoms with E-state index in [4.69, 9.17) is 17.3 Å². The Kier molecular flexibility index (Phi) is 32.1. The molecule has 0 spiro atoms. The zero-order valence-electron chi connectivity index (χ0n) is 47.1. The van der Waals surface area contributed by atoms with Crippen molar-refractivity contribution in [2.45, 2.75) is 117 Å². The van der Waals surface area contributed by atoms with Gasteiger partial charge in [-0.2, -0.15) is 53.8 Å². The third-order valence-corrected chi connectivity index (χ3v) is 14.3. The fourth-order valence-electron chi connectivity index (χ4n) is 6.59. The number of anilines is 3. The first-order valence-corrected chi connectivity index (χ1v) is 42.6. The van der Waals surface area contributed by atoms with Crippen molar-refractivity contribution in [2.75, 3.05) is 46.0 Å². The third-order valence-electron chi connectivity index (χ3n) is 10.3. The fourth-order valence-corrected chi connectivity index (χ4v) is 9.58. The number of aromatic amines is 1. The van der Waals surface area contributed by atoms with E-state index in [0.717, 1.165) is 58.0 Å². The average molecular weight is 1550 g/mol. The van der Waals surface area contributed by atoms with Crippen molar-refractivity contribution < 1.29 is 51.6 Å². The molecule has 0 aliphatic rings. The van der Waals surface area contributed by atoms with Crippen molar-refractivity contribution in [3.63, 3.8) is 0 Å². The van der Waals surface area contributed by atoms with E-state index in [1.54, 1.807) is 54.9 Å². The van der Waals surface area contributed by atoms with Gasteiger partial charge in [0.25, 0.3) is 10.3 Å². The minimum absolute atomic E-state index is 0. The molecule has 8 aromatic rings. The van der Waals surface area contributed by atoms with Gasteiger partial charge in [0, 0.05) is 48.5 Å². The van der Waals surface area contributed by atoms with E-state index >= 15 is 0 Å². The molecule has 0 aliphatic heterocycles. The SMILES string of the molecule is C.C.CC.CC(C)c1cnn2c(=O)[nH]c(S(C)(=O)=O)nc12.CC(C)c1cnn2c(Cl)nc(S(C)(=O)=O)nc12.CC(C)c1cnn2c(NCc3ccccc3NS(C)(=O)=O)nc(S(C)(=O)=O)nc12.CS(=O)(=O)Nc1ccccc1CN.[CH3-].[I][V][I]. The van der Waals surface area contributed by atoms with Gasteiger partial charge in [0.2, 0.25) is 65.9 Å². The summed E-state index contributed by atoms with van der Waals surface area (Å²) >= 11 is 10.6. The number of fused-ring (bicyclic) bond motifs is 3. The molecular formula is C48H74ClI2N16O11S5V-. The van der Waals surface area contributed by atoms with Crippen LogP contribution in [0.25, 0.3) is 16.9 Å². The molecule has 0 saturated heterocycles. The predicted molar refractivity (Wildman–Crippen MR) is 346 cm³/mol. The summed E-state index contributed by atoms with van der Waals surface area (Å²) in [4.78, 5) is 33.8. The Morgan fingerprint density at radius 1 is 0.583 bits per heavy atom. The van der Waals surface area contributed by atoms with Crippen LogP contribution in [0.5, 0.6) is 0 Å². The molecule has 0 radical (unpaired) electrons. The Balaban J connectivity index is 0.00000110. The number of benzene rings is 2. The van der Waals surface area contributed by atoms with Gasteiger partial charge in [-0.25, -0.2) is 46.9 Å². The first kappa shape index (κ1) is 79.3. The van der Waals surface area contributed by atoms with Crippen LogP contribution >= 0.6 is 51.6 Å². The summed E-state index contributed by atoms with van der Waals surface area (Å²) < 4.78 is 123. The van der Waals surface area contributed by atoms with Crippen LogP contribution in [0.1, 0.15) is 116 Å². The van der Waals surface area contributed by atoms with Gasteiger partial charge in [0.1, 0.15) is 0 Å². The number of halogens is 3. The van der Waals surface area contributed by atoms with Gasteiger partial charge < -0.3 is 18.5 Å². The summed E-state index contributed by atoms with van der Waals surface area (Å²) in [5.74, 6) is 0.555. The van der Waals surface area contributed by atoms with Crippen molar-refractivity contribution in [2.24, 2.45) is 5.73 Å². The van der Waals surface area contributed by atoms with Gasteiger partial charge in [-0.15, -0.1) is 0 Å². The second-order valence-corrected chi connectivity index (χ2v) is 39.3. The van der Waals surface area contributed by atoms with Crippen LogP contribution in [-0.2, 0) is 72.1 Å². The minimum atomic E-state index is -3.65. The van der Waals surface area contributed by atoms with Crippen molar-refractivity contribution in [1.29, 1.82) is 0 Å². The summed E-state index contributed by atoms with van der Waals surface area (Å²) in [6.45, 7) is 16.2. The molecule has 0 amide bonds. The normalized spacial score (nSPS) is 11.3. The number of sulfone groups is 3. The Hall–Kier alpha value is -4.67. The quantitative estimate of drug-likeness (QED) is 0.0509. The van der Waals surface area contributed by atoms with Crippen LogP contribution in [-0.4, -0.2) is 132 Å². The maximum absolute atomic E-state index is 12.1. The number of rotatable bonds is 14. The number of sulfonamides is 2. The van der Waals surface area contributed by atoms with Gasteiger partial charge in [-0.3, -0.25) is 14.4 Å². The van der Waals surface area contributed by atoms with Crippen LogP contribution in [0.4, 0.5) is 17.3 Å². The molecular weight excluding hydrogens is 1480 g/mol. The number of aromatic nitrogens is 12. The molecule has 2 aromatic carbocycles. The van der Waals surface area contributed by atoms with Crippen LogP contribution in [0.15, 0.2) is 87.4 Å². The maximum atomic E-state index is 12.1. The number of para-hydroxylation sites is 2. The van der Waals surface area contributed by atoms with E-state index in [2.05, 4.69) is 99.9 Å². The third kappa shape index (κ3) is 23.2.